The number of carbonyl (C=O) groups is 1. The predicted molar refractivity (Wildman–Crippen MR) is 87.3 cm³/mol. The Balaban J connectivity index is 1.50. The van der Waals surface area contributed by atoms with Crippen molar-refractivity contribution in [3.63, 3.8) is 0 Å². The van der Waals surface area contributed by atoms with Gasteiger partial charge in [0.15, 0.2) is 5.82 Å². The van der Waals surface area contributed by atoms with E-state index in [9.17, 15) is 18.0 Å². The third-order valence-corrected chi connectivity index (χ3v) is 4.98. The topological polar surface area (TPSA) is 51.0 Å². The van der Waals surface area contributed by atoms with Crippen LogP contribution in [-0.2, 0) is 23.9 Å². The summed E-state index contributed by atoms with van der Waals surface area (Å²) in [7, 11) is 0. The Morgan fingerprint density at radius 3 is 2.73 bits per heavy atom. The summed E-state index contributed by atoms with van der Waals surface area (Å²) in [4.78, 5) is 19.0. The van der Waals surface area contributed by atoms with Gasteiger partial charge < -0.3 is 4.90 Å². The molecule has 4 rings (SSSR count). The summed E-state index contributed by atoms with van der Waals surface area (Å²) in [6.07, 6.45) is -2.25. The molecule has 0 bridgehead atoms. The van der Waals surface area contributed by atoms with Crippen molar-refractivity contribution in [3.05, 3.63) is 47.0 Å². The molecule has 0 unspecified atom stereocenters. The van der Waals surface area contributed by atoms with Crippen molar-refractivity contribution < 1.29 is 18.0 Å². The summed E-state index contributed by atoms with van der Waals surface area (Å²) in [6.45, 7) is 2.94. The third-order valence-electron chi connectivity index (χ3n) is 4.98. The van der Waals surface area contributed by atoms with E-state index in [0.29, 0.717) is 24.6 Å². The van der Waals surface area contributed by atoms with E-state index in [1.807, 2.05) is 11.6 Å². The fraction of sp³-hybridized carbons (Fsp3) is 0.500. The van der Waals surface area contributed by atoms with Crippen molar-refractivity contribution in [1.82, 2.24) is 19.7 Å². The lowest BCUT2D eigenvalue weighted by molar-refractivity contribution is -0.138. The number of amides is 1. The molecule has 1 amide bonds. The molecule has 1 saturated carbocycles. The van der Waals surface area contributed by atoms with E-state index < -0.39 is 11.7 Å². The molecule has 0 radical (unpaired) electrons. The number of aromatic nitrogens is 3. The lowest BCUT2D eigenvalue weighted by atomic mass is 10.1. The second kappa shape index (κ2) is 6.10. The van der Waals surface area contributed by atoms with Crippen molar-refractivity contribution in [2.24, 2.45) is 0 Å². The standard InChI is InChI=1S/C18H19F3N4O/c1-11-17-22-16(13-5-6-13)23-25(17)8-7-24(11)15(26)10-12-3-2-4-14(9-12)18(19,20)21/h2-4,9,11,13H,5-8,10H2,1H3/t11-/m1/s1. The molecule has 138 valence electrons. The monoisotopic (exact) mass is 364 g/mol. The van der Waals surface area contributed by atoms with Crippen LogP contribution in [0.4, 0.5) is 13.2 Å². The molecule has 1 aromatic carbocycles. The van der Waals surface area contributed by atoms with E-state index in [0.717, 1.165) is 36.6 Å². The number of nitrogens with zero attached hydrogens (tertiary/aromatic N) is 4. The van der Waals surface area contributed by atoms with Crippen LogP contribution in [0.25, 0.3) is 0 Å². The molecule has 2 aromatic rings. The summed E-state index contributed by atoms with van der Waals surface area (Å²) < 4.78 is 40.4. The van der Waals surface area contributed by atoms with E-state index in [-0.39, 0.29) is 18.4 Å². The molecular formula is C18H19F3N4O. The van der Waals surface area contributed by atoms with Gasteiger partial charge in [-0.1, -0.05) is 18.2 Å². The van der Waals surface area contributed by atoms with Crippen LogP contribution in [0.3, 0.4) is 0 Å². The molecule has 0 saturated heterocycles. The number of alkyl halides is 3. The Morgan fingerprint density at radius 1 is 1.27 bits per heavy atom. The minimum Gasteiger partial charge on any atom is -0.331 e. The normalized spacial score (nSPS) is 20.2. The van der Waals surface area contributed by atoms with E-state index in [1.54, 1.807) is 11.0 Å². The van der Waals surface area contributed by atoms with Gasteiger partial charge in [-0.3, -0.25) is 4.79 Å². The van der Waals surface area contributed by atoms with Crippen LogP contribution in [0, 0.1) is 0 Å². The average Bonchev–Trinajstić information content (AvgIpc) is 3.34. The second-order valence-corrected chi connectivity index (χ2v) is 6.96. The molecule has 1 aliphatic heterocycles. The summed E-state index contributed by atoms with van der Waals surface area (Å²) >= 11 is 0. The van der Waals surface area contributed by atoms with Gasteiger partial charge in [-0.05, 0) is 31.4 Å². The molecule has 2 aliphatic rings. The van der Waals surface area contributed by atoms with Crippen molar-refractivity contribution in [2.75, 3.05) is 6.54 Å². The molecule has 2 heterocycles. The van der Waals surface area contributed by atoms with Gasteiger partial charge in [0.2, 0.25) is 5.91 Å². The Bertz CT molecular complexity index is 841. The summed E-state index contributed by atoms with van der Waals surface area (Å²) in [6, 6.07) is 4.71. The van der Waals surface area contributed by atoms with E-state index in [4.69, 9.17) is 0 Å². The first-order valence-corrected chi connectivity index (χ1v) is 8.73. The Hall–Kier alpha value is -2.38. The molecular weight excluding hydrogens is 345 g/mol. The van der Waals surface area contributed by atoms with Crippen LogP contribution in [0.2, 0.25) is 0 Å². The highest BCUT2D eigenvalue weighted by Gasteiger charge is 2.35. The zero-order valence-corrected chi connectivity index (χ0v) is 14.3. The summed E-state index contributed by atoms with van der Waals surface area (Å²) in [5.41, 5.74) is -0.369. The highest BCUT2D eigenvalue weighted by Crippen LogP contribution is 2.39. The number of benzene rings is 1. The number of carbonyl (C=O) groups excluding carboxylic acids is 1. The minimum atomic E-state index is -4.41. The Labute approximate surface area is 148 Å². The largest absolute Gasteiger partial charge is 0.416 e. The number of hydrogen-bond acceptors (Lipinski definition) is 3. The van der Waals surface area contributed by atoms with E-state index in [1.165, 1.54) is 6.07 Å². The van der Waals surface area contributed by atoms with Gasteiger partial charge in [0, 0.05) is 12.5 Å². The number of fused-ring (bicyclic) bond motifs is 1. The fourth-order valence-corrected chi connectivity index (χ4v) is 3.37. The van der Waals surface area contributed by atoms with Crippen molar-refractivity contribution in [3.8, 4) is 0 Å². The van der Waals surface area contributed by atoms with E-state index >= 15 is 0 Å². The first-order valence-electron chi connectivity index (χ1n) is 8.73. The zero-order valence-electron chi connectivity index (χ0n) is 14.3. The molecule has 1 aromatic heterocycles. The average molecular weight is 364 g/mol. The van der Waals surface area contributed by atoms with Crippen LogP contribution >= 0.6 is 0 Å². The highest BCUT2D eigenvalue weighted by molar-refractivity contribution is 5.79. The highest BCUT2D eigenvalue weighted by atomic mass is 19.4. The molecule has 26 heavy (non-hydrogen) atoms. The van der Waals surface area contributed by atoms with Crippen LogP contribution in [0.5, 0.6) is 0 Å². The number of rotatable bonds is 3. The third kappa shape index (κ3) is 3.20. The lowest BCUT2D eigenvalue weighted by Crippen LogP contribution is -2.42. The van der Waals surface area contributed by atoms with Crippen LogP contribution in [-0.4, -0.2) is 32.1 Å². The molecule has 1 fully saturated rings. The lowest BCUT2D eigenvalue weighted by Gasteiger charge is -2.33. The number of halogens is 3. The van der Waals surface area contributed by atoms with Crippen LogP contribution in [0.1, 0.15) is 54.5 Å². The quantitative estimate of drug-likeness (QED) is 0.840. The first kappa shape index (κ1) is 17.1. The van der Waals surface area contributed by atoms with Crippen molar-refractivity contribution >= 4 is 5.91 Å². The van der Waals surface area contributed by atoms with Gasteiger partial charge in [0.25, 0.3) is 0 Å². The number of hydrogen-bond donors (Lipinski definition) is 0. The van der Waals surface area contributed by atoms with Gasteiger partial charge in [-0.25, -0.2) is 9.67 Å². The van der Waals surface area contributed by atoms with Crippen molar-refractivity contribution in [2.45, 2.75) is 50.9 Å². The first-order chi connectivity index (χ1) is 12.3. The van der Waals surface area contributed by atoms with Gasteiger partial charge >= 0.3 is 6.18 Å². The van der Waals surface area contributed by atoms with Gasteiger partial charge in [0.1, 0.15) is 5.82 Å². The summed E-state index contributed by atoms with van der Waals surface area (Å²) in [5, 5.41) is 4.52. The zero-order chi connectivity index (χ0) is 18.5. The van der Waals surface area contributed by atoms with Crippen LogP contribution in [0.15, 0.2) is 24.3 Å². The molecule has 8 heteroatoms. The predicted octanol–water partition coefficient (Wildman–Crippen LogP) is 3.32. The van der Waals surface area contributed by atoms with Gasteiger partial charge in [-0.2, -0.15) is 18.3 Å². The van der Waals surface area contributed by atoms with Gasteiger partial charge in [0.05, 0.1) is 24.6 Å². The maximum absolute atomic E-state index is 12.8. The molecule has 0 spiro atoms. The maximum Gasteiger partial charge on any atom is 0.416 e. The molecule has 1 atom stereocenters. The molecule has 5 nitrogen and oxygen atoms in total. The van der Waals surface area contributed by atoms with Crippen LogP contribution < -0.4 is 0 Å². The van der Waals surface area contributed by atoms with Crippen molar-refractivity contribution in [1.29, 1.82) is 0 Å². The smallest absolute Gasteiger partial charge is 0.331 e. The Kier molecular flexibility index (Phi) is 4.00. The Morgan fingerprint density at radius 2 is 2.04 bits per heavy atom. The maximum atomic E-state index is 12.8. The minimum absolute atomic E-state index is 0.0577. The second-order valence-electron chi connectivity index (χ2n) is 6.96. The van der Waals surface area contributed by atoms with Gasteiger partial charge in [-0.15, -0.1) is 0 Å². The van der Waals surface area contributed by atoms with E-state index in [2.05, 4.69) is 10.1 Å². The SMILES string of the molecule is C[C@@H]1c2nc(C3CC3)nn2CCN1C(=O)Cc1cccc(C(F)(F)F)c1. The fourth-order valence-electron chi connectivity index (χ4n) is 3.37. The summed E-state index contributed by atoms with van der Waals surface area (Å²) in [5.74, 6) is 1.85. The molecule has 0 N–H and O–H groups in total. The molecule has 1 aliphatic carbocycles.